The monoisotopic (exact) mass is 282 g/mol. The Morgan fingerprint density at radius 2 is 2.14 bits per heavy atom. The molecule has 2 aromatic heterocycles. The molecule has 0 saturated carbocycles. The normalized spacial score (nSPS) is 10.7. The van der Waals surface area contributed by atoms with Crippen molar-refractivity contribution in [3.05, 3.63) is 65.6 Å². The summed E-state index contributed by atoms with van der Waals surface area (Å²) in [6.07, 6.45) is 3.32. The van der Waals surface area contributed by atoms with E-state index in [0.717, 1.165) is 17.0 Å². The van der Waals surface area contributed by atoms with Crippen LogP contribution in [0.25, 0.3) is 5.65 Å². The SMILES string of the molecule is Cc1cccc(OCc2cn3cc(C(=O)O)ccc3n2)c1. The number of carboxylic acid groups (broad SMARTS) is 1. The molecule has 0 radical (unpaired) electrons. The maximum absolute atomic E-state index is 10.9. The van der Waals surface area contributed by atoms with E-state index in [2.05, 4.69) is 4.98 Å². The standard InChI is InChI=1S/C16H14N2O3/c1-11-3-2-4-14(7-11)21-10-13-9-18-8-12(16(19)20)5-6-15(18)17-13/h2-9H,10H2,1H3,(H,19,20). The van der Waals surface area contributed by atoms with Crippen molar-refractivity contribution >= 4 is 11.6 Å². The largest absolute Gasteiger partial charge is 0.487 e. The average molecular weight is 282 g/mol. The highest BCUT2D eigenvalue weighted by Gasteiger charge is 2.07. The number of rotatable bonds is 4. The molecule has 5 heteroatoms. The third-order valence-electron chi connectivity index (χ3n) is 3.12. The van der Waals surface area contributed by atoms with E-state index in [9.17, 15) is 4.79 Å². The van der Waals surface area contributed by atoms with Crippen molar-refractivity contribution in [3.8, 4) is 5.75 Å². The van der Waals surface area contributed by atoms with Gasteiger partial charge < -0.3 is 14.2 Å². The number of imidazole rings is 1. The number of fused-ring (bicyclic) bond motifs is 1. The minimum atomic E-state index is -0.955. The van der Waals surface area contributed by atoms with Crippen LogP contribution < -0.4 is 4.74 Å². The van der Waals surface area contributed by atoms with E-state index < -0.39 is 5.97 Å². The first-order valence-electron chi connectivity index (χ1n) is 6.52. The van der Waals surface area contributed by atoms with Crippen LogP contribution in [-0.4, -0.2) is 20.5 Å². The summed E-state index contributed by atoms with van der Waals surface area (Å²) < 4.78 is 7.38. The minimum absolute atomic E-state index is 0.228. The third kappa shape index (κ3) is 2.86. The molecule has 0 saturated heterocycles. The van der Waals surface area contributed by atoms with Crippen molar-refractivity contribution in [1.82, 2.24) is 9.38 Å². The summed E-state index contributed by atoms with van der Waals surface area (Å²) in [5.41, 5.74) is 2.81. The molecule has 0 spiro atoms. The summed E-state index contributed by atoms with van der Waals surface area (Å²) >= 11 is 0. The fourth-order valence-electron chi connectivity index (χ4n) is 2.10. The van der Waals surface area contributed by atoms with Crippen LogP contribution in [-0.2, 0) is 6.61 Å². The molecule has 106 valence electrons. The molecule has 0 atom stereocenters. The Labute approximate surface area is 121 Å². The number of benzene rings is 1. The van der Waals surface area contributed by atoms with E-state index in [1.54, 1.807) is 22.9 Å². The zero-order chi connectivity index (χ0) is 14.8. The molecule has 3 aromatic rings. The summed E-state index contributed by atoms with van der Waals surface area (Å²) in [6, 6.07) is 11.0. The molecule has 2 heterocycles. The van der Waals surface area contributed by atoms with Gasteiger partial charge in [0.2, 0.25) is 0 Å². The molecule has 5 nitrogen and oxygen atoms in total. The van der Waals surface area contributed by atoms with Crippen LogP contribution in [0.4, 0.5) is 0 Å². The minimum Gasteiger partial charge on any atom is -0.487 e. The maximum Gasteiger partial charge on any atom is 0.337 e. The van der Waals surface area contributed by atoms with E-state index in [-0.39, 0.29) is 5.56 Å². The summed E-state index contributed by atoms with van der Waals surface area (Å²) in [6.45, 7) is 2.35. The first-order valence-corrected chi connectivity index (χ1v) is 6.52. The lowest BCUT2D eigenvalue weighted by Gasteiger charge is -2.04. The Balaban J connectivity index is 1.80. The summed E-state index contributed by atoms with van der Waals surface area (Å²) in [5, 5.41) is 8.97. The number of hydrogen-bond donors (Lipinski definition) is 1. The van der Waals surface area contributed by atoms with Crippen LogP contribution in [0, 0.1) is 6.92 Å². The van der Waals surface area contributed by atoms with Crippen LogP contribution in [0.3, 0.4) is 0 Å². The van der Waals surface area contributed by atoms with Crippen molar-refractivity contribution in [2.24, 2.45) is 0 Å². The Morgan fingerprint density at radius 3 is 2.90 bits per heavy atom. The Kier molecular flexibility index (Phi) is 3.31. The Hall–Kier alpha value is -2.82. The molecule has 3 rings (SSSR count). The van der Waals surface area contributed by atoms with E-state index in [4.69, 9.17) is 9.84 Å². The van der Waals surface area contributed by atoms with Crippen LogP contribution in [0.2, 0.25) is 0 Å². The lowest BCUT2D eigenvalue weighted by Crippen LogP contribution is -1.97. The van der Waals surface area contributed by atoms with Crippen molar-refractivity contribution in [2.75, 3.05) is 0 Å². The number of aryl methyl sites for hydroxylation is 1. The second-order valence-electron chi connectivity index (χ2n) is 4.83. The fourth-order valence-corrected chi connectivity index (χ4v) is 2.10. The number of carboxylic acids is 1. The van der Waals surface area contributed by atoms with Gasteiger partial charge in [0.25, 0.3) is 0 Å². The van der Waals surface area contributed by atoms with Gasteiger partial charge in [-0.25, -0.2) is 9.78 Å². The lowest BCUT2D eigenvalue weighted by molar-refractivity contribution is 0.0696. The number of hydrogen-bond acceptors (Lipinski definition) is 3. The molecule has 0 amide bonds. The predicted octanol–water partition coefficient (Wildman–Crippen LogP) is 2.92. The van der Waals surface area contributed by atoms with Gasteiger partial charge in [-0.15, -0.1) is 0 Å². The maximum atomic E-state index is 10.9. The predicted molar refractivity (Wildman–Crippen MR) is 77.7 cm³/mol. The van der Waals surface area contributed by atoms with Gasteiger partial charge in [-0.3, -0.25) is 0 Å². The van der Waals surface area contributed by atoms with Crippen LogP contribution in [0.15, 0.2) is 48.8 Å². The van der Waals surface area contributed by atoms with Crippen molar-refractivity contribution in [3.63, 3.8) is 0 Å². The van der Waals surface area contributed by atoms with Gasteiger partial charge in [0.15, 0.2) is 0 Å². The quantitative estimate of drug-likeness (QED) is 0.799. The number of aromatic nitrogens is 2. The summed E-state index contributed by atoms with van der Waals surface area (Å²) in [5.74, 6) is -0.165. The molecule has 1 N–H and O–H groups in total. The van der Waals surface area contributed by atoms with Gasteiger partial charge in [0.05, 0.1) is 11.3 Å². The van der Waals surface area contributed by atoms with Crippen LogP contribution in [0.1, 0.15) is 21.6 Å². The van der Waals surface area contributed by atoms with Gasteiger partial charge >= 0.3 is 5.97 Å². The van der Waals surface area contributed by atoms with Gasteiger partial charge in [0, 0.05) is 12.4 Å². The Morgan fingerprint density at radius 1 is 1.29 bits per heavy atom. The van der Waals surface area contributed by atoms with E-state index in [1.807, 2.05) is 31.2 Å². The first kappa shape index (κ1) is 13.2. The second-order valence-corrected chi connectivity index (χ2v) is 4.83. The second kappa shape index (κ2) is 5.28. The first-order chi connectivity index (χ1) is 10.1. The van der Waals surface area contributed by atoms with Gasteiger partial charge in [0.1, 0.15) is 18.0 Å². The van der Waals surface area contributed by atoms with E-state index >= 15 is 0 Å². The molecule has 0 bridgehead atoms. The van der Waals surface area contributed by atoms with E-state index in [1.165, 1.54) is 6.07 Å². The average Bonchev–Trinajstić information content (AvgIpc) is 2.87. The molecule has 0 aliphatic rings. The Bertz CT molecular complexity index is 808. The lowest BCUT2D eigenvalue weighted by atomic mass is 10.2. The number of aromatic carboxylic acids is 1. The molecule has 1 aromatic carbocycles. The highest BCUT2D eigenvalue weighted by Crippen LogP contribution is 2.15. The van der Waals surface area contributed by atoms with Crippen LogP contribution in [0.5, 0.6) is 5.75 Å². The topological polar surface area (TPSA) is 63.8 Å². The summed E-state index contributed by atoms with van der Waals surface area (Å²) in [7, 11) is 0. The van der Waals surface area contributed by atoms with Crippen molar-refractivity contribution in [1.29, 1.82) is 0 Å². The third-order valence-corrected chi connectivity index (χ3v) is 3.12. The summed E-state index contributed by atoms with van der Waals surface area (Å²) in [4.78, 5) is 15.3. The zero-order valence-electron chi connectivity index (χ0n) is 11.5. The number of ether oxygens (including phenoxy) is 1. The highest BCUT2D eigenvalue weighted by molar-refractivity contribution is 5.87. The molecular weight excluding hydrogens is 268 g/mol. The van der Waals surface area contributed by atoms with Gasteiger partial charge in [-0.2, -0.15) is 0 Å². The fraction of sp³-hybridized carbons (Fsp3) is 0.125. The van der Waals surface area contributed by atoms with Gasteiger partial charge in [-0.1, -0.05) is 12.1 Å². The van der Waals surface area contributed by atoms with Crippen LogP contribution >= 0.6 is 0 Å². The number of nitrogens with zero attached hydrogens (tertiary/aromatic N) is 2. The molecular formula is C16H14N2O3. The van der Waals surface area contributed by atoms with E-state index in [0.29, 0.717) is 12.3 Å². The number of pyridine rings is 1. The molecule has 21 heavy (non-hydrogen) atoms. The van der Waals surface area contributed by atoms with Gasteiger partial charge in [-0.05, 0) is 36.8 Å². The van der Waals surface area contributed by atoms with Crippen molar-refractivity contribution in [2.45, 2.75) is 13.5 Å². The smallest absolute Gasteiger partial charge is 0.337 e. The van der Waals surface area contributed by atoms with Crippen molar-refractivity contribution < 1.29 is 14.6 Å². The number of carbonyl (C=O) groups is 1. The zero-order valence-corrected chi connectivity index (χ0v) is 11.5. The molecule has 0 aliphatic carbocycles. The molecule has 0 aliphatic heterocycles. The molecule has 0 fully saturated rings. The highest BCUT2D eigenvalue weighted by atomic mass is 16.5. The molecule has 0 unspecified atom stereocenters.